The van der Waals surface area contributed by atoms with E-state index in [1.54, 1.807) is 6.07 Å². The average Bonchev–Trinajstić information content (AvgIpc) is 3.39. The summed E-state index contributed by atoms with van der Waals surface area (Å²) in [6.07, 6.45) is 5.90. The molecule has 2 aliphatic rings. The van der Waals surface area contributed by atoms with E-state index in [2.05, 4.69) is 29.6 Å². The van der Waals surface area contributed by atoms with Gasteiger partial charge in [-0.2, -0.15) is 0 Å². The van der Waals surface area contributed by atoms with Crippen LogP contribution in [0.25, 0.3) is 0 Å². The zero-order valence-corrected chi connectivity index (χ0v) is 16.5. The molecule has 2 N–H and O–H groups in total. The van der Waals surface area contributed by atoms with Crippen LogP contribution in [0, 0.1) is 5.92 Å². The van der Waals surface area contributed by atoms with Gasteiger partial charge in [-0.1, -0.05) is 19.0 Å². The van der Waals surface area contributed by atoms with Crippen molar-refractivity contribution in [3.63, 3.8) is 0 Å². The number of piperidine rings is 1. The van der Waals surface area contributed by atoms with E-state index in [4.69, 9.17) is 4.52 Å². The standard InChI is InChI=1S/C20H32N4O3/c1-3-15(4-2)17-11-18(27-23-17)20(26)24-10-6-7-14(13-24)12-22-19(25)16-8-5-9-21-16/h11,14-16,21H,3-10,12-13H2,1-2H3,(H,22,25). The summed E-state index contributed by atoms with van der Waals surface area (Å²) >= 11 is 0. The lowest BCUT2D eigenvalue weighted by atomic mass is 9.97. The predicted octanol–water partition coefficient (Wildman–Crippen LogP) is 2.30. The van der Waals surface area contributed by atoms with Crippen molar-refractivity contribution in [2.24, 2.45) is 5.92 Å². The van der Waals surface area contributed by atoms with Gasteiger partial charge in [-0.25, -0.2) is 0 Å². The van der Waals surface area contributed by atoms with Crippen LogP contribution in [0.1, 0.15) is 74.5 Å². The maximum absolute atomic E-state index is 12.8. The first kappa shape index (κ1) is 19.9. The van der Waals surface area contributed by atoms with Crippen molar-refractivity contribution < 1.29 is 14.1 Å². The predicted molar refractivity (Wildman–Crippen MR) is 102 cm³/mol. The van der Waals surface area contributed by atoms with Gasteiger partial charge in [0.15, 0.2) is 0 Å². The van der Waals surface area contributed by atoms with Gasteiger partial charge >= 0.3 is 0 Å². The van der Waals surface area contributed by atoms with Gasteiger partial charge in [0.1, 0.15) is 0 Å². The fraction of sp³-hybridized carbons (Fsp3) is 0.750. The highest BCUT2D eigenvalue weighted by Crippen LogP contribution is 2.24. The third kappa shape index (κ3) is 4.89. The van der Waals surface area contributed by atoms with Crippen molar-refractivity contribution in [2.45, 2.75) is 64.3 Å². The fourth-order valence-electron chi connectivity index (χ4n) is 4.14. The monoisotopic (exact) mass is 376 g/mol. The van der Waals surface area contributed by atoms with E-state index in [1.165, 1.54) is 0 Å². The number of nitrogens with zero attached hydrogens (tertiary/aromatic N) is 2. The lowest BCUT2D eigenvalue weighted by Crippen LogP contribution is -2.46. The molecule has 7 nitrogen and oxygen atoms in total. The molecule has 150 valence electrons. The van der Waals surface area contributed by atoms with Crippen LogP contribution in [0.15, 0.2) is 10.6 Å². The molecule has 3 rings (SSSR count). The van der Waals surface area contributed by atoms with Gasteiger partial charge in [0.05, 0.1) is 11.7 Å². The van der Waals surface area contributed by atoms with E-state index in [1.807, 2.05) is 4.90 Å². The van der Waals surface area contributed by atoms with Crippen LogP contribution in [0.5, 0.6) is 0 Å². The molecule has 0 radical (unpaired) electrons. The molecule has 3 heterocycles. The maximum Gasteiger partial charge on any atom is 0.292 e. The Balaban J connectivity index is 1.52. The van der Waals surface area contributed by atoms with Crippen LogP contribution in [0.3, 0.4) is 0 Å². The summed E-state index contributed by atoms with van der Waals surface area (Å²) < 4.78 is 5.35. The van der Waals surface area contributed by atoms with Gasteiger partial charge < -0.3 is 20.1 Å². The van der Waals surface area contributed by atoms with Crippen LogP contribution in [0.4, 0.5) is 0 Å². The quantitative estimate of drug-likeness (QED) is 0.762. The largest absolute Gasteiger partial charge is 0.354 e. The van der Waals surface area contributed by atoms with Gasteiger partial charge in [0, 0.05) is 31.6 Å². The summed E-state index contributed by atoms with van der Waals surface area (Å²) in [6, 6.07) is 1.75. The Labute approximate surface area is 161 Å². The maximum atomic E-state index is 12.8. The van der Waals surface area contributed by atoms with E-state index in [0.717, 1.165) is 57.3 Å². The van der Waals surface area contributed by atoms with E-state index >= 15 is 0 Å². The Hall–Kier alpha value is -1.89. The molecule has 0 saturated carbocycles. The Morgan fingerprint density at radius 3 is 2.85 bits per heavy atom. The molecule has 2 atom stereocenters. The lowest BCUT2D eigenvalue weighted by molar-refractivity contribution is -0.123. The Bertz CT molecular complexity index is 635. The second-order valence-electron chi connectivity index (χ2n) is 7.78. The zero-order valence-electron chi connectivity index (χ0n) is 16.5. The average molecular weight is 377 g/mol. The van der Waals surface area contributed by atoms with Crippen molar-refractivity contribution in [3.8, 4) is 0 Å². The number of carbonyl (C=O) groups excluding carboxylic acids is 2. The zero-order chi connectivity index (χ0) is 19.2. The van der Waals surface area contributed by atoms with Crippen LogP contribution in [0.2, 0.25) is 0 Å². The number of likely N-dealkylation sites (tertiary alicyclic amines) is 1. The molecular formula is C20H32N4O3. The van der Waals surface area contributed by atoms with Crippen molar-refractivity contribution >= 4 is 11.8 Å². The fourth-order valence-corrected chi connectivity index (χ4v) is 4.14. The van der Waals surface area contributed by atoms with Crippen LogP contribution in [-0.4, -0.2) is 54.1 Å². The summed E-state index contributed by atoms with van der Waals surface area (Å²) in [5.74, 6) is 0.948. The van der Waals surface area contributed by atoms with E-state index < -0.39 is 0 Å². The van der Waals surface area contributed by atoms with Crippen LogP contribution in [-0.2, 0) is 4.79 Å². The highest BCUT2D eigenvalue weighted by atomic mass is 16.5. The molecule has 2 fully saturated rings. The number of amides is 2. The highest BCUT2D eigenvalue weighted by Gasteiger charge is 2.29. The van der Waals surface area contributed by atoms with Crippen molar-refractivity contribution in [3.05, 3.63) is 17.5 Å². The summed E-state index contributed by atoms with van der Waals surface area (Å²) in [6.45, 7) is 7.16. The molecule has 2 saturated heterocycles. The minimum absolute atomic E-state index is 0.0518. The minimum Gasteiger partial charge on any atom is -0.354 e. The van der Waals surface area contributed by atoms with E-state index in [-0.39, 0.29) is 23.8 Å². The SMILES string of the molecule is CCC(CC)c1cc(C(=O)N2CCCC(CNC(=O)C3CCCN3)C2)on1. The Kier molecular flexibility index (Phi) is 6.88. The van der Waals surface area contributed by atoms with Gasteiger partial charge in [-0.15, -0.1) is 0 Å². The minimum atomic E-state index is -0.0896. The van der Waals surface area contributed by atoms with E-state index in [9.17, 15) is 9.59 Å². The van der Waals surface area contributed by atoms with Crippen molar-refractivity contribution in [1.29, 1.82) is 0 Å². The molecule has 7 heteroatoms. The first-order valence-electron chi connectivity index (χ1n) is 10.4. The second kappa shape index (κ2) is 9.35. The first-order valence-corrected chi connectivity index (χ1v) is 10.4. The summed E-state index contributed by atoms with van der Waals surface area (Å²) in [5, 5.41) is 10.4. The van der Waals surface area contributed by atoms with Crippen molar-refractivity contribution in [2.75, 3.05) is 26.2 Å². The van der Waals surface area contributed by atoms with Gasteiger partial charge in [0.25, 0.3) is 5.91 Å². The second-order valence-corrected chi connectivity index (χ2v) is 7.78. The first-order chi connectivity index (χ1) is 13.1. The molecule has 0 aliphatic carbocycles. The highest BCUT2D eigenvalue weighted by molar-refractivity contribution is 5.91. The molecule has 1 aromatic rings. The number of rotatable bonds is 7. The third-order valence-electron chi connectivity index (χ3n) is 5.89. The molecule has 2 unspecified atom stereocenters. The number of hydrogen-bond donors (Lipinski definition) is 2. The summed E-state index contributed by atoms with van der Waals surface area (Å²) in [5.41, 5.74) is 0.869. The third-order valence-corrected chi connectivity index (χ3v) is 5.89. The molecule has 1 aromatic heterocycles. The molecule has 2 amide bonds. The molecule has 27 heavy (non-hydrogen) atoms. The number of aromatic nitrogens is 1. The topological polar surface area (TPSA) is 87.5 Å². The Morgan fingerprint density at radius 2 is 2.15 bits per heavy atom. The smallest absolute Gasteiger partial charge is 0.292 e. The lowest BCUT2D eigenvalue weighted by Gasteiger charge is -2.32. The van der Waals surface area contributed by atoms with Crippen molar-refractivity contribution in [1.82, 2.24) is 20.7 Å². The van der Waals surface area contributed by atoms with Gasteiger partial charge in [0.2, 0.25) is 11.7 Å². The van der Waals surface area contributed by atoms with Crippen LogP contribution >= 0.6 is 0 Å². The molecular weight excluding hydrogens is 344 g/mol. The van der Waals surface area contributed by atoms with Crippen LogP contribution < -0.4 is 10.6 Å². The van der Waals surface area contributed by atoms with Gasteiger partial charge in [-0.3, -0.25) is 9.59 Å². The molecule has 0 spiro atoms. The normalized spacial score (nSPS) is 23.0. The Morgan fingerprint density at radius 1 is 1.33 bits per heavy atom. The number of carbonyl (C=O) groups is 2. The number of nitrogens with one attached hydrogen (secondary N) is 2. The molecule has 0 aromatic carbocycles. The van der Waals surface area contributed by atoms with E-state index in [0.29, 0.717) is 24.8 Å². The number of hydrogen-bond acceptors (Lipinski definition) is 5. The summed E-state index contributed by atoms with van der Waals surface area (Å²) in [7, 11) is 0. The molecule has 0 bridgehead atoms. The van der Waals surface area contributed by atoms with Gasteiger partial charge in [-0.05, 0) is 51.0 Å². The molecule has 2 aliphatic heterocycles. The summed E-state index contributed by atoms with van der Waals surface area (Å²) in [4.78, 5) is 26.8.